The summed E-state index contributed by atoms with van der Waals surface area (Å²) in [6.07, 6.45) is 1.76. The van der Waals surface area contributed by atoms with Gasteiger partial charge in [-0.3, -0.25) is 4.79 Å². The van der Waals surface area contributed by atoms with Crippen molar-refractivity contribution in [3.8, 4) is 0 Å². The normalized spacial score (nSPS) is 43.9. The first-order chi connectivity index (χ1) is 10.1. The fraction of sp³-hybridized carbons (Fsp3) is 0.933. The number of carbonyl (C=O) groups is 1. The fourth-order valence-corrected chi connectivity index (χ4v) is 8.27. The number of fused-ring (bicyclic) bond motifs is 2. The zero-order chi connectivity index (χ0) is 16.3. The van der Waals surface area contributed by atoms with E-state index in [-0.39, 0.29) is 22.3 Å². The molecule has 2 aliphatic carbocycles. The summed E-state index contributed by atoms with van der Waals surface area (Å²) in [5, 5.41) is 0. The molecule has 2 bridgehead atoms. The van der Waals surface area contributed by atoms with Crippen molar-refractivity contribution in [1.82, 2.24) is 4.31 Å². The van der Waals surface area contributed by atoms with Gasteiger partial charge in [0.1, 0.15) is 0 Å². The number of likely N-dealkylation sites (N-methyl/N-ethyl adjacent to an activating group) is 1. The Bertz CT molecular complexity index is 588. The van der Waals surface area contributed by atoms with E-state index in [9.17, 15) is 13.2 Å². The molecule has 0 radical (unpaired) electrons. The molecule has 126 valence electrons. The Morgan fingerprint density at radius 1 is 1.32 bits per heavy atom. The van der Waals surface area contributed by atoms with Crippen LogP contribution in [0.25, 0.3) is 0 Å². The molecule has 0 aromatic rings. The van der Waals surface area contributed by atoms with Crippen molar-refractivity contribution in [2.24, 2.45) is 16.7 Å². The van der Waals surface area contributed by atoms with Gasteiger partial charge in [-0.25, -0.2) is 8.42 Å². The topological polar surface area (TPSA) is 58.9 Å². The van der Waals surface area contributed by atoms with Crippen LogP contribution >= 0.6 is 15.9 Å². The average molecular weight is 394 g/mol. The SMILES string of the molecule is C[NH+]1CCN(S(=O)(=O)C[C@@]2(C)[C@@H]3CC[C@@]2(C)C(=O)[C@H]3Br)CC1. The molecule has 0 amide bonds. The van der Waals surface area contributed by atoms with Crippen LogP contribution in [0.5, 0.6) is 0 Å². The van der Waals surface area contributed by atoms with E-state index >= 15 is 0 Å². The molecular weight excluding hydrogens is 368 g/mol. The van der Waals surface area contributed by atoms with Gasteiger partial charge in [-0.1, -0.05) is 29.8 Å². The van der Waals surface area contributed by atoms with Crippen molar-refractivity contribution < 1.29 is 18.1 Å². The Balaban J connectivity index is 1.85. The predicted molar refractivity (Wildman–Crippen MR) is 88.6 cm³/mol. The minimum Gasteiger partial charge on any atom is -0.335 e. The van der Waals surface area contributed by atoms with E-state index in [1.807, 2.05) is 13.8 Å². The maximum absolute atomic E-state index is 12.9. The van der Waals surface area contributed by atoms with Gasteiger partial charge in [0.25, 0.3) is 0 Å². The summed E-state index contributed by atoms with van der Waals surface area (Å²) in [7, 11) is -1.22. The standard InChI is InChI=1S/C15H25BrN2O3S/c1-14-5-4-11(12(16)13(14)19)15(14,2)10-22(20,21)18-8-6-17(3)7-9-18/h11-12H,4-10H2,1-3H3/p+1/t11-,12+,14+,15+/m1/s1. The molecule has 0 unspecified atom stereocenters. The van der Waals surface area contributed by atoms with E-state index in [1.54, 1.807) is 4.31 Å². The number of hydrogen-bond acceptors (Lipinski definition) is 3. The largest absolute Gasteiger partial charge is 0.335 e. The third-order valence-electron chi connectivity index (χ3n) is 6.63. The van der Waals surface area contributed by atoms with Crippen LogP contribution < -0.4 is 4.90 Å². The summed E-state index contributed by atoms with van der Waals surface area (Å²) < 4.78 is 27.5. The summed E-state index contributed by atoms with van der Waals surface area (Å²) in [6, 6.07) is 0. The van der Waals surface area contributed by atoms with Crippen molar-refractivity contribution in [1.29, 1.82) is 0 Å². The average Bonchev–Trinajstić information content (AvgIpc) is 2.75. The van der Waals surface area contributed by atoms with Crippen LogP contribution in [-0.2, 0) is 14.8 Å². The monoisotopic (exact) mass is 393 g/mol. The number of quaternary nitrogens is 1. The Morgan fingerprint density at radius 3 is 2.41 bits per heavy atom. The lowest BCUT2D eigenvalue weighted by Gasteiger charge is -2.38. The fourth-order valence-electron chi connectivity index (χ4n) is 4.70. The first-order valence-corrected chi connectivity index (χ1v) is 10.6. The maximum Gasteiger partial charge on any atom is 0.215 e. The number of Topliss-reactive ketones (excluding diaryl/α,β-unsaturated/α-hetero) is 1. The van der Waals surface area contributed by atoms with E-state index in [4.69, 9.17) is 0 Å². The first-order valence-electron chi connectivity index (χ1n) is 8.09. The molecule has 0 spiro atoms. The van der Waals surface area contributed by atoms with Crippen molar-refractivity contribution >= 4 is 31.7 Å². The summed E-state index contributed by atoms with van der Waals surface area (Å²) in [4.78, 5) is 13.7. The Labute approximate surface area is 141 Å². The van der Waals surface area contributed by atoms with Gasteiger partial charge in [-0.15, -0.1) is 0 Å². The highest BCUT2D eigenvalue weighted by molar-refractivity contribution is 9.10. The van der Waals surface area contributed by atoms with Gasteiger partial charge in [0.2, 0.25) is 10.0 Å². The number of hydrogen-bond donors (Lipinski definition) is 1. The summed E-state index contributed by atoms with van der Waals surface area (Å²) in [6.45, 7) is 6.89. The zero-order valence-corrected chi connectivity index (χ0v) is 16.0. The highest BCUT2D eigenvalue weighted by Crippen LogP contribution is 2.65. The molecular formula is C15H26BrN2O3S+. The molecule has 4 atom stereocenters. The molecule has 0 aromatic heterocycles. The Kier molecular flexibility index (Phi) is 4.03. The molecule has 3 fully saturated rings. The number of sulfonamides is 1. The number of nitrogens with zero attached hydrogens (tertiary/aromatic N) is 1. The van der Waals surface area contributed by atoms with Crippen LogP contribution in [0.15, 0.2) is 0 Å². The van der Waals surface area contributed by atoms with Gasteiger partial charge in [0.15, 0.2) is 5.78 Å². The van der Waals surface area contributed by atoms with E-state index in [1.165, 1.54) is 4.90 Å². The molecule has 1 N–H and O–H groups in total. The third kappa shape index (κ3) is 2.23. The first kappa shape index (κ1) is 16.9. The number of ketones is 1. The van der Waals surface area contributed by atoms with Crippen LogP contribution in [0.1, 0.15) is 26.7 Å². The number of nitrogens with one attached hydrogen (secondary N) is 1. The second-order valence-electron chi connectivity index (χ2n) is 7.77. The van der Waals surface area contributed by atoms with E-state index < -0.39 is 20.9 Å². The van der Waals surface area contributed by atoms with E-state index in [2.05, 4.69) is 23.0 Å². The molecule has 22 heavy (non-hydrogen) atoms. The molecule has 1 aliphatic heterocycles. The van der Waals surface area contributed by atoms with Crippen LogP contribution in [0.4, 0.5) is 0 Å². The molecule has 3 aliphatic rings. The van der Waals surface area contributed by atoms with E-state index in [0.29, 0.717) is 13.1 Å². The second-order valence-corrected chi connectivity index (χ2v) is 10.7. The molecule has 2 saturated carbocycles. The van der Waals surface area contributed by atoms with Crippen molar-refractivity contribution in [2.75, 3.05) is 39.0 Å². The van der Waals surface area contributed by atoms with Gasteiger partial charge in [0.05, 0.1) is 43.8 Å². The maximum atomic E-state index is 12.9. The summed E-state index contributed by atoms with van der Waals surface area (Å²) in [5.74, 6) is 0.441. The minimum absolute atomic E-state index is 0.105. The van der Waals surface area contributed by atoms with Gasteiger partial charge in [-0.05, 0) is 24.2 Å². The number of alkyl halides is 1. The lowest BCUT2D eigenvalue weighted by molar-refractivity contribution is -0.883. The van der Waals surface area contributed by atoms with Crippen molar-refractivity contribution in [2.45, 2.75) is 31.5 Å². The summed E-state index contributed by atoms with van der Waals surface area (Å²) >= 11 is 3.52. The third-order valence-corrected chi connectivity index (χ3v) is 9.80. The quantitative estimate of drug-likeness (QED) is 0.682. The lowest BCUT2D eigenvalue weighted by Crippen LogP contribution is -3.12. The van der Waals surface area contributed by atoms with Gasteiger partial charge >= 0.3 is 0 Å². The number of carbonyl (C=O) groups excluding carboxylic acids is 1. The highest BCUT2D eigenvalue weighted by Gasteiger charge is 2.68. The van der Waals surface area contributed by atoms with Crippen LogP contribution in [0.3, 0.4) is 0 Å². The van der Waals surface area contributed by atoms with Gasteiger partial charge in [0, 0.05) is 5.41 Å². The van der Waals surface area contributed by atoms with Crippen LogP contribution in [0, 0.1) is 16.7 Å². The summed E-state index contributed by atoms with van der Waals surface area (Å²) in [5.41, 5.74) is -0.954. The van der Waals surface area contributed by atoms with Crippen LogP contribution in [-0.4, -0.2) is 62.3 Å². The molecule has 1 heterocycles. The molecule has 7 heteroatoms. The Morgan fingerprint density at radius 2 is 1.91 bits per heavy atom. The van der Waals surface area contributed by atoms with Crippen molar-refractivity contribution in [3.63, 3.8) is 0 Å². The molecule has 0 aromatic carbocycles. The molecule has 1 saturated heterocycles. The van der Waals surface area contributed by atoms with Gasteiger partial charge in [-0.2, -0.15) is 4.31 Å². The predicted octanol–water partition coefficient (Wildman–Crippen LogP) is -0.0847. The smallest absolute Gasteiger partial charge is 0.215 e. The van der Waals surface area contributed by atoms with Crippen molar-refractivity contribution in [3.05, 3.63) is 0 Å². The number of halogens is 1. The zero-order valence-electron chi connectivity index (χ0n) is 13.6. The molecule has 3 rings (SSSR count). The minimum atomic E-state index is -3.31. The molecule has 5 nitrogen and oxygen atoms in total. The van der Waals surface area contributed by atoms with E-state index in [0.717, 1.165) is 25.9 Å². The lowest BCUT2D eigenvalue weighted by atomic mass is 9.70. The van der Waals surface area contributed by atoms with Crippen LogP contribution in [0.2, 0.25) is 0 Å². The second kappa shape index (κ2) is 5.26. The Hall–Kier alpha value is 0.0200. The highest BCUT2D eigenvalue weighted by atomic mass is 79.9. The number of piperazine rings is 1. The number of rotatable bonds is 3. The van der Waals surface area contributed by atoms with Gasteiger partial charge < -0.3 is 4.90 Å².